The van der Waals surface area contributed by atoms with Crippen LogP contribution in [0.15, 0.2) is 34.3 Å². The number of hydrogen-bond acceptors (Lipinski definition) is 4. The highest BCUT2D eigenvalue weighted by atomic mass is 28.3. The zero-order chi connectivity index (χ0) is 30.3. The minimum Gasteiger partial charge on any atom is -0.507 e. The van der Waals surface area contributed by atoms with E-state index in [0.29, 0.717) is 11.5 Å². The summed E-state index contributed by atoms with van der Waals surface area (Å²) < 4.78 is 0. The van der Waals surface area contributed by atoms with E-state index in [9.17, 15) is 10.2 Å². The first-order valence-corrected chi connectivity index (χ1v) is 22.0. The molecule has 0 saturated heterocycles. The number of phenolic OH excluding ortho intramolecular Hbond substituents is 2. The average molecular weight is 579 g/mol. The average Bonchev–Trinajstić information content (AvgIpc) is 2.80. The summed E-state index contributed by atoms with van der Waals surface area (Å²) in [6.07, 6.45) is 8.02. The van der Waals surface area contributed by atoms with Gasteiger partial charge in [-0.3, -0.25) is 9.98 Å². The molecule has 0 radical (unpaired) electrons. The molecular formula is C34H54N2O2Si2. The van der Waals surface area contributed by atoms with Gasteiger partial charge in [0.2, 0.25) is 0 Å². The predicted molar refractivity (Wildman–Crippen MR) is 181 cm³/mol. The Hall–Kier alpha value is -2.19. The third-order valence-corrected chi connectivity index (χ3v) is 12.1. The van der Waals surface area contributed by atoms with Crippen molar-refractivity contribution in [2.45, 2.75) is 129 Å². The molecule has 4 nitrogen and oxygen atoms in total. The number of hydrogen-bond donors (Lipinski definition) is 2. The smallest absolute Gasteiger partial charge is 0.123 e. The van der Waals surface area contributed by atoms with Crippen LogP contribution >= 0.6 is 0 Å². The highest BCUT2D eigenvalue weighted by molar-refractivity contribution is 6.89. The molecule has 0 heterocycles. The fourth-order valence-electron chi connectivity index (χ4n) is 5.31. The Kier molecular flexibility index (Phi) is 9.37. The van der Waals surface area contributed by atoms with Gasteiger partial charge in [-0.15, -0.1) is 0 Å². The van der Waals surface area contributed by atoms with Gasteiger partial charge in [-0.05, 0) is 57.3 Å². The third kappa shape index (κ3) is 7.76. The van der Waals surface area contributed by atoms with Crippen LogP contribution in [0.3, 0.4) is 0 Å². The van der Waals surface area contributed by atoms with E-state index < -0.39 is 16.1 Å². The van der Waals surface area contributed by atoms with Gasteiger partial charge in [0.25, 0.3) is 0 Å². The summed E-state index contributed by atoms with van der Waals surface area (Å²) in [5.41, 5.74) is 4.06. The lowest BCUT2D eigenvalue weighted by Crippen LogP contribution is -2.39. The van der Waals surface area contributed by atoms with Crippen LogP contribution in [0.1, 0.15) is 89.5 Å². The van der Waals surface area contributed by atoms with E-state index in [0.717, 1.165) is 47.2 Å². The van der Waals surface area contributed by atoms with Crippen molar-refractivity contribution in [3.05, 3.63) is 46.5 Å². The van der Waals surface area contributed by atoms with Gasteiger partial charge < -0.3 is 10.2 Å². The Morgan fingerprint density at radius 2 is 0.950 bits per heavy atom. The number of nitrogens with zero attached hydrogens (tertiary/aromatic N) is 2. The van der Waals surface area contributed by atoms with Crippen LogP contribution in [0.4, 0.5) is 0 Å². The fourth-order valence-corrected chi connectivity index (χ4v) is 8.20. The Labute approximate surface area is 246 Å². The van der Waals surface area contributed by atoms with E-state index in [1.807, 2.05) is 12.4 Å². The molecule has 2 N–H and O–H groups in total. The molecule has 0 bridgehead atoms. The normalized spacial score (nSPS) is 19.6. The monoisotopic (exact) mass is 578 g/mol. The first-order valence-electron chi connectivity index (χ1n) is 15.0. The van der Waals surface area contributed by atoms with Crippen LogP contribution < -0.4 is 10.4 Å². The van der Waals surface area contributed by atoms with E-state index in [1.165, 1.54) is 11.1 Å². The number of phenols is 2. The number of aromatic hydroxyl groups is 2. The molecule has 220 valence electrons. The predicted octanol–water partition coefficient (Wildman–Crippen LogP) is 7.63. The number of rotatable bonds is 6. The lowest BCUT2D eigenvalue weighted by atomic mass is 9.86. The maximum Gasteiger partial charge on any atom is 0.123 e. The molecule has 2 aromatic carbocycles. The topological polar surface area (TPSA) is 65.2 Å². The van der Waals surface area contributed by atoms with Gasteiger partial charge in [0, 0.05) is 23.6 Å². The lowest BCUT2D eigenvalue weighted by molar-refractivity contribution is 0.390. The van der Waals surface area contributed by atoms with Gasteiger partial charge in [0.1, 0.15) is 11.5 Å². The number of aliphatic imine (C=N–C) groups is 2. The second kappa shape index (κ2) is 11.6. The van der Waals surface area contributed by atoms with E-state index in [4.69, 9.17) is 9.98 Å². The van der Waals surface area contributed by atoms with Crippen molar-refractivity contribution in [3.8, 4) is 11.5 Å². The molecule has 0 amide bonds. The van der Waals surface area contributed by atoms with Gasteiger partial charge in [-0.2, -0.15) is 0 Å². The maximum atomic E-state index is 11.3. The minimum absolute atomic E-state index is 0.0132. The van der Waals surface area contributed by atoms with Gasteiger partial charge >= 0.3 is 0 Å². The Morgan fingerprint density at radius 1 is 0.625 bits per heavy atom. The quantitative estimate of drug-likeness (QED) is 0.273. The first-order chi connectivity index (χ1) is 18.2. The zero-order valence-electron chi connectivity index (χ0n) is 27.2. The van der Waals surface area contributed by atoms with Crippen molar-refractivity contribution in [2.75, 3.05) is 0 Å². The van der Waals surface area contributed by atoms with E-state index >= 15 is 0 Å². The Balaban J connectivity index is 2.00. The lowest BCUT2D eigenvalue weighted by Gasteiger charge is -2.28. The van der Waals surface area contributed by atoms with Gasteiger partial charge in [0.05, 0.1) is 28.2 Å². The van der Waals surface area contributed by atoms with Crippen molar-refractivity contribution in [1.29, 1.82) is 0 Å². The second-order valence-corrected chi connectivity index (χ2v) is 26.0. The van der Waals surface area contributed by atoms with Crippen molar-refractivity contribution < 1.29 is 10.2 Å². The van der Waals surface area contributed by atoms with E-state index in [-0.39, 0.29) is 22.9 Å². The van der Waals surface area contributed by atoms with Crippen molar-refractivity contribution in [3.63, 3.8) is 0 Å². The minimum atomic E-state index is -1.75. The summed E-state index contributed by atoms with van der Waals surface area (Å²) in [5, 5.41) is 24.7. The molecule has 1 fully saturated rings. The molecule has 0 unspecified atom stereocenters. The summed E-state index contributed by atoms with van der Waals surface area (Å²) in [6, 6.07) is 8.75. The second-order valence-electron chi connectivity index (χ2n) is 15.9. The van der Waals surface area contributed by atoms with Crippen molar-refractivity contribution in [1.82, 2.24) is 0 Å². The van der Waals surface area contributed by atoms with Crippen molar-refractivity contribution in [2.24, 2.45) is 9.98 Å². The molecule has 0 spiro atoms. The molecule has 0 aromatic heterocycles. The van der Waals surface area contributed by atoms with Crippen LogP contribution in [0.25, 0.3) is 0 Å². The summed E-state index contributed by atoms with van der Waals surface area (Å²) in [5.74, 6) is 0.768. The van der Waals surface area contributed by atoms with E-state index in [2.05, 4.69) is 105 Å². The summed E-state index contributed by atoms with van der Waals surface area (Å²) in [7, 11) is -3.50. The Morgan fingerprint density at radius 3 is 1.23 bits per heavy atom. The summed E-state index contributed by atoms with van der Waals surface area (Å²) in [6.45, 7) is 27.0. The van der Waals surface area contributed by atoms with Crippen LogP contribution in [0.2, 0.25) is 39.3 Å². The van der Waals surface area contributed by atoms with Crippen LogP contribution in [0.5, 0.6) is 11.5 Å². The molecule has 0 aliphatic heterocycles. The van der Waals surface area contributed by atoms with Crippen molar-refractivity contribution >= 4 is 39.0 Å². The number of benzene rings is 2. The molecule has 3 rings (SSSR count). The first kappa shape index (κ1) is 32.3. The zero-order valence-corrected chi connectivity index (χ0v) is 29.2. The molecule has 2 aromatic rings. The largest absolute Gasteiger partial charge is 0.507 e. The molecule has 1 saturated carbocycles. The molecule has 40 heavy (non-hydrogen) atoms. The molecule has 2 atom stereocenters. The standard InChI is InChI=1S/C34H54N2O2Si2/c1-33(2,3)25-17-23(31(37)29(19-25)39(7,8)9)21-35-27-15-13-14-16-28(27)36-22-24-18-26(34(4,5)6)20-30(32(24)38)40(10,11)12/h17-22,27-28,37-38H,13-16H2,1-12H3/t27-,28-/m1/s1. The summed E-state index contributed by atoms with van der Waals surface area (Å²) in [4.78, 5) is 10.1. The van der Waals surface area contributed by atoms with Crippen LogP contribution in [0, 0.1) is 0 Å². The van der Waals surface area contributed by atoms with Crippen LogP contribution in [-0.4, -0.2) is 50.9 Å². The van der Waals surface area contributed by atoms with E-state index in [1.54, 1.807) is 0 Å². The van der Waals surface area contributed by atoms with Gasteiger partial charge in [0.15, 0.2) is 0 Å². The third-order valence-electron chi connectivity index (χ3n) is 8.13. The van der Waals surface area contributed by atoms with Crippen LogP contribution in [-0.2, 0) is 10.8 Å². The van der Waals surface area contributed by atoms with Gasteiger partial charge in [-0.1, -0.05) is 106 Å². The van der Waals surface area contributed by atoms with Gasteiger partial charge in [-0.25, -0.2) is 0 Å². The fraction of sp³-hybridized carbons (Fsp3) is 0.588. The Bertz CT molecular complexity index is 1170. The molecular weight excluding hydrogens is 525 g/mol. The highest BCUT2D eigenvalue weighted by Crippen LogP contribution is 2.30. The molecule has 1 aliphatic rings. The SMILES string of the molecule is CC(C)(C)c1cc(C=N[C@@H]2CCCC[C@H]2N=Cc2cc(C(C)(C)C)cc([Si](C)(C)C)c2O)c(O)c([Si](C)(C)C)c1. The highest BCUT2D eigenvalue weighted by Gasteiger charge is 2.29. The molecule has 1 aliphatic carbocycles. The molecule has 6 heteroatoms. The summed E-state index contributed by atoms with van der Waals surface area (Å²) >= 11 is 0. The maximum absolute atomic E-state index is 11.3.